The number of alkyl halides is 3. The van der Waals surface area contributed by atoms with Gasteiger partial charge in [0.15, 0.2) is 0 Å². The minimum atomic E-state index is -2.48. The summed E-state index contributed by atoms with van der Waals surface area (Å²) in [5.74, 6) is -2.25. The van der Waals surface area contributed by atoms with Crippen LogP contribution in [0.5, 0.6) is 0 Å². The van der Waals surface area contributed by atoms with Crippen LogP contribution in [-0.4, -0.2) is 33.2 Å². The molecule has 0 spiro atoms. The first-order chi connectivity index (χ1) is 11.1. The standard InChI is InChI=1S/C14H14Cl4N2O4/c1-2-24-11(21)9-10(7-3-5-8(15)6-4-7)19-12(22)20-13(9,23)14(16,17)18/h3-6,9-10,23H,2H2,1H3,(H2,19,20,22)/t9-,10+,13-/m0/s1. The molecule has 3 atom stereocenters. The van der Waals surface area contributed by atoms with Gasteiger partial charge in [0.2, 0.25) is 9.52 Å². The quantitative estimate of drug-likeness (QED) is 0.523. The number of amides is 2. The molecular weight excluding hydrogens is 402 g/mol. The van der Waals surface area contributed by atoms with Gasteiger partial charge < -0.3 is 20.5 Å². The second kappa shape index (κ2) is 7.14. The van der Waals surface area contributed by atoms with Gasteiger partial charge in [0, 0.05) is 5.02 Å². The number of benzene rings is 1. The van der Waals surface area contributed by atoms with Gasteiger partial charge in [-0.25, -0.2) is 4.79 Å². The summed E-state index contributed by atoms with van der Waals surface area (Å²) in [5.41, 5.74) is -1.99. The van der Waals surface area contributed by atoms with Crippen LogP contribution in [0.25, 0.3) is 0 Å². The largest absolute Gasteiger partial charge is 0.466 e. The molecule has 10 heteroatoms. The Bertz CT molecular complexity index is 635. The number of carbonyl (C=O) groups is 2. The Morgan fingerprint density at radius 3 is 2.42 bits per heavy atom. The molecule has 132 valence electrons. The Morgan fingerprint density at radius 1 is 1.33 bits per heavy atom. The topological polar surface area (TPSA) is 87.7 Å². The molecule has 6 nitrogen and oxygen atoms in total. The fraction of sp³-hybridized carbons (Fsp3) is 0.429. The van der Waals surface area contributed by atoms with Gasteiger partial charge in [-0.15, -0.1) is 0 Å². The minimum Gasteiger partial charge on any atom is -0.466 e. The van der Waals surface area contributed by atoms with Gasteiger partial charge in [-0.05, 0) is 24.6 Å². The second-order valence-electron chi connectivity index (χ2n) is 5.12. The highest BCUT2D eigenvalue weighted by Crippen LogP contribution is 2.47. The average Bonchev–Trinajstić information content (AvgIpc) is 2.46. The van der Waals surface area contributed by atoms with Crippen molar-refractivity contribution in [1.82, 2.24) is 10.6 Å². The molecule has 1 aromatic carbocycles. The number of ether oxygens (including phenoxy) is 1. The highest BCUT2D eigenvalue weighted by Gasteiger charge is 2.62. The third-order valence-corrected chi connectivity index (χ3v) is 4.69. The normalized spacial score (nSPS) is 27.2. The maximum Gasteiger partial charge on any atom is 0.317 e. The molecule has 1 aromatic rings. The van der Waals surface area contributed by atoms with Crippen molar-refractivity contribution in [2.75, 3.05) is 6.61 Å². The molecule has 0 aliphatic carbocycles. The molecule has 0 bridgehead atoms. The molecule has 0 radical (unpaired) electrons. The number of aliphatic hydroxyl groups is 1. The van der Waals surface area contributed by atoms with E-state index in [1.807, 2.05) is 0 Å². The van der Waals surface area contributed by atoms with Crippen LogP contribution < -0.4 is 10.6 Å². The fourth-order valence-electron chi connectivity index (χ4n) is 2.48. The van der Waals surface area contributed by atoms with E-state index in [9.17, 15) is 14.7 Å². The lowest BCUT2D eigenvalue weighted by Crippen LogP contribution is -2.72. The van der Waals surface area contributed by atoms with Crippen molar-refractivity contribution in [1.29, 1.82) is 0 Å². The number of rotatable bonds is 3. The molecule has 1 aliphatic rings. The van der Waals surface area contributed by atoms with E-state index >= 15 is 0 Å². The summed E-state index contributed by atoms with van der Waals surface area (Å²) in [5, 5.41) is 15.9. The second-order valence-corrected chi connectivity index (χ2v) is 7.84. The van der Waals surface area contributed by atoms with Crippen LogP contribution in [0, 0.1) is 5.92 Å². The summed E-state index contributed by atoms with van der Waals surface area (Å²) in [6, 6.07) is 4.52. The molecule has 1 aliphatic heterocycles. The lowest BCUT2D eigenvalue weighted by molar-refractivity contribution is -0.164. The zero-order valence-electron chi connectivity index (χ0n) is 12.4. The van der Waals surface area contributed by atoms with Gasteiger partial charge in [0.05, 0.1) is 12.6 Å². The van der Waals surface area contributed by atoms with E-state index in [2.05, 4.69) is 10.6 Å². The Balaban J connectivity index is 2.55. The average molecular weight is 416 g/mol. The maximum absolute atomic E-state index is 12.4. The molecule has 0 unspecified atom stereocenters. The Hall–Kier alpha value is -0.920. The summed E-state index contributed by atoms with van der Waals surface area (Å²) in [7, 11) is 0. The van der Waals surface area contributed by atoms with Crippen LogP contribution in [0.1, 0.15) is 18.5 Å². The molecule has 3 N–H and O–H groups in total. The number of hydrogen-bond acceptors (Lipinski definition) is 4. The third kappa shape index (κ3) is 3.68. The van der Waals surface area contributed by atoms with Crippen molar-refractivity contribution in [3.63, 3.8) is 0 Å². The molecule has 24 heavy (non-hydrogen) atoms. The zero-order valence-corrected chi connectivity index (χ0v) is 15.4. The number of carbonyl (C=O) groups excluding carboxylic acids is 2. The molecule has 1 saturated heterocycles. The van der Waals surface area contributed by atoms with Crippen molar-refractivity contribution in [2.24, 2.45) is 5.92 Å². The van der Waals surface area contributed by atoms with Crippen LogP contribution >= 0.6 is 46.4 Å². The monoisotopic (exact) mass is 414 g/mol. The fourth-order valence-corrected chi connectivity index (χ4v) is 3.10. The Labute approximate surface area is 158 Å². The number of nitrogens with one attached hydrogen (secondary N) is 2. The van der Waals surface area contributed by atoms with Crippen LogP contribution in [0.3, 0.4) is 0 Å². The summed E-state index contributed by atoms with van der Waals surface area (Å²) < 4.78 is 2.61. The van der Waals surface area contributed by atoms with Crippen molar-refractivity contribution in [2.45, 2.75) is 22.5 Å². The van der Waals surface area contributed by atoms with Gasteiger partial charge in [-0.2, -0.15) is 0 Å². The minimum absolute atomic E-state index is 0.0482. The first-order valence-electron chi connectivity index (χ1n) is 6.90. The first-order valence-corrected chi connectivity index (χ1v) is 8.41. The van der Waals surface area contributed by atoms with Gasteiger partial charge >= 0.3 is 12.0 Å². The summed E-state index contributed by atoms with van der Waals surface area (Å²) >= 11 is 23.4. The van der Waals surface area contributed by atoms with E-state index in [1.54, 1.807) is 31.2 Å². The molecule has 0 aromatic heterocycles. The molecular formula is C14H14Cl4N2O4. The highest BCUT2D eigenvalue weighted by atomic mass is 35.6. The number of hydrogen-bond donors (Lipinski definition) is 3. The van der Waals surface area contributed by atoms with Crippen molar-refractivity contribution in [3.8, 4) is 0 Å². The van der Waals surface area contributed by atoms with Crippen LogP contribution in [0.15, 0.2) is 24.3 Å². The number of esters is 1. The van der Waals surface area contributed by atoms with Crippen LogP contribution in [0.2, 0.25) is 5.02 Å². The molecule has 2 rings (SSSR count). The summed E-state index contributed by atoms with van der Waals surface area (Å²) in [4.78, 5) is 24.4. The van der Waals surface area contributed by atoms with E-state index in [0.717, 1.165) is 0 Å². The Morgan fingerprint density at radius 2 is 1.92 bits per heavy atom. The smallest absolute Gasteiger partial charge is 0.317 e. The van der Waals surface area contributed by atoms with Crippen molar-refractivity contribution in [3.05, 3.63) is 34.9 Å². The van der Waals surface area contributed by atoms with Crippen LogP contribution in [-0.2, 0) is 9.53 Å². The van der Waals surface area contributed by atoms with E-state index in [0.29, 0.717) is 10.6 Å². The van der Waals surface area contributed by atoms with Gasteiger partial charge in [-0.3, -0.25) is 4.79 Å². The predicted octanol–water partition coefficient (Wildman–Crippen LogP) is 2.93. The third-order valence-electron chi connectivity index (χ3n) is 3.58. The van der Waals surface area contributed by atoms with Crippen molar-refractivity contribution < 1.29 is 19.4 Å². The zero-order chi connectivity index (χ0) is 18.1. The van der Waals surface area contributed by atoms with Gasteiger partial charge in [-0.1, -0.05) is 58.5 Å². The molecule has 1 heterocycles. The van der Waals surface area contributed by atoms with Gasteiger partial charge in [0.25, 0.3) is 0 Å². The van der Waals surface area contributed by atoms with E-state index < -0.39 is 33.5 Å². The van der Waals surface area contributed by atoms with Crippen molar-refractivity contribution >= 4 is 58.4 Å². The Kier molecular flexibility index (Phi) is 5.77. The maximum atomic E-state index is 12.4. The van der Waals surface area contributed by atoms with E-state index in [1.165, 1.54) is 0 Å². The lowest BCUT2D eigenvalue weighted by atomic mass is 9.83. The van der Waals surface area contributed by atoms with E-state index in [4.69, 9.17) is 51.1 Å². The van der Waals surface area contributed by atoms with Gasteiger partial charge in [0.1, 0.15) is 5.92 Å². The molecule has 0 saturated carbocycles. The number of halogens is 4. The summed E-state index contributed by atoms with van der Waals surface area (Å²) in [6.45, 7) is 1.64. The SMILES string of the molecule is CCOC(=O)[C@@H]1[C@@H](c2ccc(Cl)cc2)NC(=O)N[C@@]1(O)C(Cl)(Cl)Cl. The highest BCUT2D eigenvalue weighted by molar-refractivity contribution is 6.68. The van der Waals surface area contributed by atoms with E-state index in [-0.39, 0.29) is 6.61 Å². The molecule has 2 amide bonds. The lowest BCUT2D eigenvalue weighted by Gasteiger charge is -2.46. The predicted molar refractivity (Wildman–Crippen MR) is 91.2 cm³/mol. The molecule has 1 fully saturated rings. The van der Waals surface area contributed by atoms with Crippen LogP contribution in [0.4, 0.5) is 4.79 Å². The summed E-state index contributed by atoms with van der Waals surface area (Å²) in [6.07, 6.45) is 0. The first kappa shape index (κ1) is 19.4. The number of urea groups is 1.